The lowest BCUT2D eigenvalue weighted by Gasteiger charge is -2.10. The molecule has 0 saturated carbocycles. The van der Waals surface area contributed by atoms with Gasteiger partial charge in [-0.25, -0.2) is 4.39 Å². The van der Waals surface area contributed by atoms with E-state index in [-0.39, 0.29) is 5.82 Å². The van der Waals surface area contributed by atoms with Crippen LogP contribution in [0.2, 0.25) is 0 Å². The van der Waals surface area contributed by atoms with Gasteiger partial charge in [-0.1, -0.05) is 11.8 Å². The summed E-state index contributed by atoms with van der Waals surface area (Å²) in [6.45, 7) is 2.23. The van der Waals surface area contributed by atoms with Crippen molar-refractivity contribution in [1.82, 2.24) is 10.2 Å². The van der Waals surface area contributed by atoms with Gasteiger partial charge >= 0.3 is 0 Å². The molecule has 0 saturated heterocycles. The molecule has 1 unspecified atom stereocenters. The van der Waals surface area contributed by atoms with Crippen molar-refractivity contribution in [3.63, 3.8) is 0 Å². The van der Waals surface area contributed by atoms with Crippen molar-refractivity contribution in [2.45, 2.75) is 18.3 Å². The zero-order valence-electron chi connectivity index (χ0n) is 14.5. The van der Waals surface area contributed by atoms with Crippen LogP contribution in [0.15, 0.2) is 58.2 Å². The van der Waals surface area contributed by atoms with Crippen LogP contribution in [-0.4, -0.2) is 22.6 Å². The van der Waals surface area contributed by atoms with Crippen molar-refractivity contribution < 1.29 is 18.3 Å². The number of aromatic nitrogens is 2. The Morgan fingerprint density at radius 1 is 1.11 bits per heavy atom. The van der Waals surface area contributed by atoms with E-state index in [4.69, 9.17) is 19.2 Å². The Kier molecular flexibility index (Phi) is 6.28. The van der Waals surface area contributed by atoms with E-state index in [1.54, 1.807) is 43.3 Å². The molecule has 1 atom stereocenters. The van der Waals surface area contributed by atoms with E-state index in [9.17, 15) is 4.39 Å². The van der Waals surface area contributed by atoms with Crippen LogP contribution >= 0.6 is 11.8 Å². The normalized spacial score (nSPS) is 11.6. The first-order valence-corrected chi connectivity index (χ1v) is 9.14. The van der Waals surface area contributed by atoms with Gasteiger partial charge in [0.15, 0.2) is 6.10 Å². The molecular formula is C19H16FN3O3S. The highest BCUT2D eigenvalue weighted by Crippen LogP contribution is 2.24. The van der Waals surface area contributed by atoms with Crippen molar-refractivity contribution >= 4 is 11.8 Å². The number of nitrogens with zero attached hydrogens (tertiary/aromatic N) is 3. The Labute approximate surface area is 159 Å². The fourth-order valence-electron chi connectivity index (χ4n) is 2.12. The van der Waals surface area contributed by atoms with E-state index in [1.807, 2.05) is 0 Å². The van der Waals surface area contributed by atoms with Crippen molar-refractivity contribution in [1.29, 1.82) is 5.26 Å². The minimum absolute atomic E-state index is 0.324. The summed E-state index contributed by atoms with van der Waals surface area (Å²) in [7, 11) is 0. The molecule has 27 heavy (non-hydrogen) atoms. The molecule has 2 aromatic carbocycles. The molecule has 1 heterocycles. The number of thioether (sulfide) groups is 1. The number of ether oxygens (including phenoxy) is 2. The molecule has 8 heteroatoms. The molecule has 0 aliphatic rings. The second-order valence-corrected chi connectivity index (χ2v) is 6.50. The minimum Gasteiger partial charge on any atom is -0.493 e. The maximum atomic E-state index is 12.9. The Morgan fingerprint density at radius 2 is 1.81 bits per heavy atom. The molecular weight excluding hydrogens is 369 g/mol. The van der Waals surface area contributed by atoms with Crippen molar-refractivity contribution in [2.75, 3.05) is 12.4 Å². The van der Waals surface area contributed by atoms with E-state index in [0.29, 0.717) is 40.5 Å². The molecule has 0 spiro atoms. The molecule has 0 bridgehead atoms. The molecule has 0 aliphatic carbocycles. The monoisotopic (exact) mass is 385 g/mol. The zero-order chi connectivity index (χ0) is 19.1. The third-order valence-electron chi connectivity index (χ3n) is 3.46. The summed E-state index contributed by atoms with van der Waals surface area (Å²) >= 11 is 1.37. The van der Waals surface area contributed by atoms with Crippen LogP contribution in [0.1, 0.15) is 24.5 Å². The Bertz CT molecular complexity index is 907. The first-order valence-electron chi connectivity index (χ1n) is 8.15. The largest absolute Gasteiger partial charge is 0.493 e. The van der Waals surface area contributed by atoms with Crippen LogP contribution < -0.4 is 9.47 Å². The topological polar surface area (TPSA) is 81.2 Å². The van der Waals surface area contributed by atoms with Crippen LogP contribution in [0.3, 0.4) is 0 Å². The van der Waals surface area contributed by atoms with Crippen LogP contribution in [0.25, 0.3) is 0 Å². The standard InChI is InChI=1S/C19H16FN3O3S/c1-13(25-17-8-4-15(20)5-9-17)18-22-23-19(26-18)27-11-10-24-16-6-2-14(12-21)3-7-16/h2-9,13H,10-11H2,1H3. The molecule has 0 N–H and O–H groups in total. The van der Waals surface area contributed by atoms with E-state index in [2.05, 4.69) is 16.3 Å². The van der Waals surface area contributed by atoms with Gasteiger partial charge < -0.3 is 13.9 Å². The zero-order valence-corrected chi connectivity index (χ0v) is 15.3. The predicted molar refractivity (Wildman–Crippen MR) is 97.1 cm³/mol. The van der Waals surface area contributed by atoms with Gasteiger partial charge in [0.25, 0.3) is 11.1 Å². The minimum atomic E-state index is -0.452. The van der Waals surface area contributed by atoms with Gasteiger partial charge in [0.05, 0.1) is 18.2 Å². The fourth-order valence-corrected chi connectivity index (χ4v) is 2.71. The lowest BCUT2D eigenvalue weighted by atomic mass is 10.2. The summed E-state index contributed by atoms with van der Waals surface area (Å²) in [5, 5.41) is 17.1. The van der Waals surface area contributed by atoms with E-state index < -0.39 is 6.10 Å². The summed E-state index contributed by atoms with van der Waals surface area (Å²) in [4.78, 5) is 0. The third-order valence-corrected chi connectivity index (χ3v) is 4.24. The molecule has 3 rings (SSSR count). The smallest absolute Gasteiger partial charge is 0.276 e. The van der Waals surface area contributed by atoms with Crippen LogP contribution in [-0.2, 0) is 0 Å². The molecule has 0 radical (unpaired) electrons. The lowest BCUT2D eigenvalue weighted by molar-refractivity contribution is 0.181. The lowest BCUT2D eigenvalue weighted by Crippen LogP contribution is -2.03. The number of rotatable bonds is 8. The number of benzene rings is 2. The van der Waals surface area contributed by atoms with Gasteiger partial charge in [-0.05, 0) is 55.5 Å². The predicted octanol–water partition coefficient (Wildman–Crippen LogP) is 4.39. The van der Waals surface area contributed by atoms with Crippen LogP contribution in [0, 0.1) is 17.1 Å². The van der Waals surface area contributed by atoms with Crippen molar-refractivity contribution in [2.24, 2.45) is 0 Å². The average Bonchev–Trinajstić information content (AvgIpc) is 3.17. The molecule has 0 fully saturated rings. The summed E-state index contributed by atoms with van der Waals surface area (Å²) < 4.78 is 29.7. The summed E-state index contributed by atoms with van der Waals surface area (Å²) in [6.07, 6.45) is -0.452. The van der Waals surface area contributed by atoms with Gasteiger partial charge in [0.1, 0.15) is 17.3 Å². The number of nitriles is 1. The Hall–Kier alpha value is -3.05. The SMILES string of the molecule is CC(Oc1ccc(F)cc1)c1nnc(SCCOc2ccc(C#N)cc2)o1. The second kappa shape index (κ2) is 9.05. The maximum absolute atomic E-state index is 12.9. The molecule has 138 valence electrons. The fraction of sp³-hybridized carbons (Fsp3) is 0.211. The average molecular weight is 385 g/mol. The Morgan fingerprint density at radius 3 is 2.52 bits per heavy atom. The third kappa shape index (κ3) is 5.46. The molecule has 1 aromatic heterocycles. The van der Waals surface area contributed by atoms with Crippen LogP contribution in [0.4, 0.5) is 4.39 Å². The number of hydrogen-bond donors (Lipinski definition) is 0. The Balaban J connectivity index is 1.44. The van der Waals surface area contributed by atoms with Gasteiger partial charge in [0, 0.05) is 5.75 Å². The quantitative estimate of drug-likeness (QED) is 0.420. The molecule has 6 nitrogen and oxygen atoms in total. The van der Waals surface area contributed by atoms with E-state index in [1.165, 1.54) is 23.9 Å². The number of hydrogen-bond acceptors (Lipinski definition) is 7. The van der Waals surface area contributed by atoms with Gasteiger partial charge in [-0.2, -0.15) is 5.26 Å². The van der Waals surface area contributed by atoms with Crippen LogP contribution in [0.5, 0.6) is 11.5 Å². The van der Waals surface area contributed by atoms with Crippen molar-refractivity contribution in [3.05, 3.63) is 65.8 Å². The van der Waals surface area contributed by atoms with Gasteiger partial charge in [0.2, 0.25) is 0 Å². The van der Waals surface area contributed by atoms with Gasteiger partial charge in [-0.3, -0.25) is 0 Å². The van der Waals surface area contributed by atoms with E-state index >= 15 is 0 Å². The summed E-state index contributed by atoms with van der Waals surface area (Å²) in [5.41, 5.74) is 0.590. The molecule has 3 aromatic rings. The summed E-state index contributed by atoms with van der Waals surface area (Å²) in [5.74, 6) is 1.85. The van der Waals surface area contributed by atoms with Crippen molar-refractivity contribution in [3.8, 4) is 17.6 Å². The molecule has 0 amide bonds. The molecule has 0 aliphatic heterocycles. The highest BCUT2D eigenvalue weighted by Gasteiger charge is 2.16. The first-order chi connectivity index (χ1) is 13.1. The second-order valence-electron chi connectivity index (χ2n) is 5.45. The highest BCUT2D eigenvalue weighted by atomic mass is 32.2. The number of halogens is 1. The summed E-state index contributed by atoms with van der Waals surface area (Å²) in [6, 6.07) is 14.7. The van der Waals surface area contributed by atoms with E-state index in [0.717, 1.165) is 0 Å². The highest BCUT2D eigenvalue weighted by molar-refractivity contribution is 7.99. The van der Waals surface area contributed by atoms with Gasteiger partial charge in [-0.15, -0.1) is 10.2 Å². The first kappa shape index (κ1) is 18.7. The maximum Gasteiger partial charge on any atom is 0.276 e.